The Morgan fingerprint density at radius 1 is 1.33 bits per heavy atom. The number of nitriles is 1. The van der Waals surface area contributed by atoms with Gasteiger partial charge in [0.25, 0.3) is 0 Å². The van der Waals surface area contributed by atoms with Crippen LogP contribution in [0, 0.1) is 18.3 Å². The molecule has 0 saturated heterocycles. The summed E-state index contributed by atoms with van der Waals surface area (Å²) in [5.74, 6) is 1.36. The fraction of sp³-hybridized carbons (Fsp3) is 0.231. The Bertz CT molecular complexity index is 587. The van der Waals surface area contributed by atoms with E-state index in [4.69, 9.17) is 14.7 Å². The van der Waals surface area contributed by atoms with Crippen molar-refractivity contribution in [1.82, 2.24) is 4.98 Å². The minimum absolute atomic E-state index is 0.341. The molecule has 5 heteroatoms. The highest BCUT2D eigenvalue weighted by molar-refractivity contribution is 7.12. The zero-order chi connectivity index (χ0) is 13.0. The van der Waals surface area contributed by atoms with E-state index in [-0.39, 0.29) is 0 Å². The normalized spacial score (nSPS) is 9.83. The Labute approximate surface area is 109 Å². The number of rotatable bonds is 4. The maximum Gasteiger partial charge on any atom is 0.161 e. The van der Waals surface area contributed by atoms with Crippen molar-refractivity contribution in [3.05, 3.63) is 39.8 Å². The van der Waals surface area contributed by atoms with Gasteiger partial charge < -0.3 is 9.47 Å². The molecule has 2 rings (SSSR count). The van der Waals surface area contributed by atoms with E-state index in [0.717, 1.165) is 10.7 Å². The van der Waals surface area contributed by atoms with Crippen LogP contribution in [0.15, 0.2) is 24.3 Å². The first-order valence-electron chi connectivity index (χ1n) is 5.37. The van der Waals surface area contributed by atoms with Crippen molar-refractivity contribution in [2.45, 2.75) is 13.5 Å². The SMILES string of the molecule is COc1ccccc1OCc1nc(C)c(C#N)s1. The molecular formula is C13H12N2O2S. The molecule has 2 aromatic rings. The molecule has 0 atom stereocenters. The highest BCUT2D eigenvalue weighted by Gasteiger charge is 2.08. The predicted octanol–water partition coefficient (Wildman–Crippen LogP) is 2.91. The van der Waals surface area contributed by atoms with Crippen molar-refractivity contribution < 1.29 is 9.47 Å². The Morgan fingerprint density at radius 3 is 2.67 bits per heavy atom. The van der Waals surface area contributed by atoms with Gasteiger partial charge in [-0.2, -0.15) is 5.26 Å². The summed E-state index contributed by atoms with van der Waals surface area (Å²) in [5.41, 5.74) is 0.751. The Kier molecular flexibility index (Phi) is 3.80. The lowest BCUT2D eigenvalue weighted by molar-refractivity contribution is 0.284. The van der Waals surface area contributed by atoms with E-state index in [2.05, 4.69) is 11.1 Å². The smallest absolute Gasteiger partial charge is 0.161 e. The summed E-state index contributed by atoms with van der Waals surface area (Å²) in [5, 5.41) is 9.65. The van der Waals surface area contributed by atoms with E-state index in [1.165, 1.54) is 11.3 Å². The van der Waals surface area contributed by atoms with Crippen molar-refractivity contribution in [3.8, 4) is 17.6 Å². The van der Waals surface area contributed by atoms with Gasteiger partial charge >= 0.3 is 0 Å². The molecule has 0 saturated carbocycles. The fourth-order valence-corrected chi connectivity index (χ4v) is 2.27. The lowest BCUT2D eigenvalue weighted by Crippen LogP contribution is -1.97. The fourth-order valence-electron chi connectivity index (χ4n) is 1.50. The number of benzene rings is 1. The molecule has 0 aliphatic carbocycles. The lowest BCUT2D eigenvalue weighted by atomic mass is 10.3. The van der Waals surface area contributed by atoms with Crippen LogP contribution in [0.2, 0.25) is 0 Å². The minimum Gasteiger partial charge on any atom is -0.493 e. The molecule has 0 N–H and O–H groups in total. The maximum atomic E-state index is 8.86. The van der Waals surface area contributed by atoms with E-state index in [1.54, 1.807) is 7.11 Å². The van der Waals surface area contributed by atoms with Crippen LogP contribution in [-0.4, -0.2) is 12.1 Å². The van der Waals surface area contributed by atoms with E-state index in [1.807, 2.05) is 31.2 Å². The quantitative estimate of drug-likeness (QED) is 0.848. The highest BCUT2D eigenvalue weighted by Crippen LogP contribution is 2.27. The Balaban J connectivity index is 2.09. The number of aromatic nitrogens is 1. The summed E-state index contributed by atoms with van der Waals surface area (Å²) in [4.78, 5) is 4.92. The number of hydrogen-bond donors (Lipinski definition) is 0. The molecule has 1 aromatic heterocycles. The molecule has 0 aliphatic heterocycles. The van der Waals surface area contributed by atoms with Gasteiger partial charge in [-0.3, -0.25) is 0 Å². The second-order valence-electron chi connectivity index (χ2n) is 3.57. The number of nitrogens with zero attached hydrogens (tertiary/aromatic N) is 2. The van der Waals surface area contributed by atoms with Gasteiger partial charge in [-0.25, -0.2) is 4.98 Å². The number of ether oxygens (including phenoxy) is 2. The van der Waals surface area contributed by atoms with Crippen molar-refractivity contribution >= 4 is 11.3 Å². The van der Waals surface area contributed by atoms with E-state index in [9.17, 15) is 0 Å². The molecule has 0 aliphatic rings. The summed E-state index contributed by atoms with van der Waals surface area (Å²) >= 11 is 1.35. The molecule has 4 nitrogen and oxygen atoms in total. The molecule has 18 heavy (non-hydrogen) atoms. The van der Waals surface area contributed by atoms with E-state index in [0.29, 0.717) is 23.0 Å². The third-order valence-corrected chi connectivity index (χ3v) is 3.40. The topological polar surface area (TPSA) is 55.1 Å². The molecule has 92 valence electrons. The van der Waals surface area contributed by atoms with Gasteiger partial charge in [-0.05, 0) is 19.1 Å². The van der Waals surface area contributed by atoms with Crippen molar-refractivity contribution in [3.63, 3.8) is 0 Å². The van der Waals surface area contributed by atoms with Gasteiger partial charge in [-0.1, -0.05) is 12.1 Å². The second kappa shape index (κ2) is 5.52. The first-order chi connectivity index (χ1) is 8.74. The Morgan fingerprint density at radius 2 is 2.06 bits per heavy atom. The molecule has 0 amide bonds. The predicted molar refractivity (Wildman–Crippen MR) is 68.9 cm³/mol. The van der Waals surface area contributed by atoms with Crippen LogP contribution in [0.25, 0.3) is 0 Å². The first-order valence-corrected chi connectivity index (χ1v) is 6.18. The molecule has 0 radical (unpaired) electrons. The maximum absolute atomic E-state index is 8.86. The molecule has 1 heterocycles. The largest absolute Gasteiger partial charge is 0.493 e. The number of para-hydroxylation sites is 2. The molecule has 0 bridgehead atoms. The van der Waals surface area contributed by atoms with Crippen LogP contribution in [0.3, 0.4) is 0 Å². The van der Waals surface area contributed by atoms with Crippen molar-refractivity contribution in [2.24, 2.45) is 0 Å². The summed E-state index contributed by atoms with van der Waals surface area (Å²) in [6.07, 6.45) is 0. The van der Waals surface area contributed by atoms with Crippen molar-refractivity contribution in [1.29, 1.82) is 5.26 Å². The summed E-state index contributed by atoms with van der Waals surface area (Å²) in [6.45, 7) is 2.16. The molecular weight excluding hydrogens is 248 g/mol. The van der Waals surface area contributed by atoms with Crippen LogP contribution in [0.4, 0.5) is 0 Å². The molecule has 1 aromatic carbocycles. The van der Waals surface area contributed by atoms with Crippen molar-refractivity contribution in [2.75, 3.05) is 7.11 Å². The zero-order valence-corrected chi connectivity index (χ0v) is 11.0. The summed E-state index contributed by atoms with van der Waals surface area (Å²) in [6, 6.07) is 9.55. The molecule has 0 unspecified atom stereocenters. The van der Waals surface area contributed by atoms with E-state index < -0.39 is 0 Å². The summed E-state index contributed by atoms with van der Waals surface area (Å²) in [7, 11) is 1.60. The van der Waals surface area contributed by atoms with Gasteiger partial charge in [0.1, 0.15) is 22.6 Å². The second-order valence-corrected chi connectivity index (χ2v) is 4.66. The number of thiazole rings is 1. The monoisotopic (exact) mass is 260 g/mol. The number of aryl methyl sites for hydroxylation is 1. The van der Waals surface area contributed by atoms with Crippen LogP contribution in [-0.2, 0) is 6.61 Å². The van der Waals surface area contributed by atoms with Gasteiger partial charge in [0.15, 0.2) is 11.5 Å². The number of methoxy groups -OCH3 is 1. The van der Waals surface area contributed by atoms with Crippen LogP contribution >= 0.6 is 11.3 Å². The average molecular weight is 260 g/mol. The minimum atomic E-state index is 0.341. The van der Waals surface area contributed by atoms with Crippen LogP contribution in [0.1, 0.15) is 15.6 Å². The lowest BCUT2D eigenvalue weighted by Gasteiger charge is -2.08. The van der Waals surface area contributed by atoms with Gasteiger partial charge in [-0.15, -0.1) is 11.3 Å². The van der Waals surface area contributed by atoms with Gasteiger partial charge in [0, 0.05) is 0 Å². The highest BCUT2D eigenvalue weighted by atomic mass is 32.1. The van der Waals surface area contributed by atoms with Crippen LogP contribution in [0.5, 0.6) is 11.5 Å². The van der Waals surface area contributed by atoms with E-state index >= 15 is 0 Å². The zero-order valence-electron chi connectivity index (χ0n) is 10.1. The Hall–Kier alpha value is -2.06. The van der Waals surface area contributed by atoms with Gasteiger partial charge in [0.2, 0.25) is 0 Å². The standard InChI is InChI=1S/C13H12N2O2S/c1-9-12(7-14)18-13(15-9)8-17-11-6-4-3-5-10(11)16-2/h3-6H,8H2,1-2H3. The molecule has 0 fully saturated rings. The first kappa shape index (κ1) is 12.4. The third-order valence-electron chi connectivity index (χ3n) is 2.36. The van der Waals surface area contributed by atoms with Crippen LogP contribution < -0.4 is 9.47 Å². The van der Waals surface area contributed by atoms with Gasteiger partial charge in [0.05, 0.1) is 12.8 Å². The third kappa shape index (κ3) is 2.60. The number of hydrogen-bond acceptors (Lipinski definition) is 5. The molecule has 0 spiro atoms. The summed E-state index contributed by atoms with van der Waals surface area (Å²) < 4.78 is 10.8. The average Bonchev–Trinajstić information content (AvgIpc) is 2.77.